The summed E-state index contributed by atoms with van der Waals surface area (Å²) in [5.74, 6) is 0.505. The van der Waals surface area contributed by atoms with E-state index in [1.54, 1.807) is 7.11 Å². The van der Waals surface area contributed by atoms with E-state index in [0.717, 1.165) is 15.8 Å². The molecule has 0 radical (unpaired) electrons. The third-order valence-corrected chi connectivity index (χ3v) is 4.54. The van der Waals surface area contributed by atoms with Crippen LogP contribution in [0.4, 0.5) is 0 Å². The van der Waals surface area contributed by atoms with E-state index < -0.39 is 0 Å². The van der Waals surface area contributed by atoms with E-state index >= 15 is 0 Å². The summed E-state index contributed by atoms with van der Waals surface area (Å²) >= 11 is 1.37. The Kier molecular flexibility index (Phi) is 4.55. The van der Waals surface area contributed by atoms with Gasteiger partial charge in [-0.1, -0.05) is 30.3 Å². The van der Waals surface area contributed by atoms with Crippen LogP contribution in [-0.4, -0.2) is 24.5 Å². The van der Waals surface area contributed by atoms with E-state index in [1.807, 2.05) is 48.5 Å². The van der Waals surface area contributed by atoms with Gasteiger partial charge in [0.25, 0.3) is 5.91 Å². The van der Waals surface area contributed by atoms with Crippen LogP contribution >= 0.6 is 11.3 Å². The summed E-state index contributed by atoms with van der Waals surface area (Å²) in [5, 5.41) is 3.28. The third-order valence-electron chi connectivity index (χ3n) is 3.51. The van der Waals surface area contributed by atoms with Gasteiger partial charge in [-0.05, 0) is 18.2 Å². The number of rotatable bonds is 5. The van der Waals surface area contributed by atoms with Crippen LogP contribution in [0, 0.1) is 0 Å². The molecule has 0 aliphatic carbocycles. The first kappa shape index (κ1) is 15.5. The number of nitrogens with zero attached hydrogens (tertiary/aromatic N) is 1. The first-order chi connectivity index (χ1) is 11.2. The highest BCUT2D eigenvalue weighted by Crippen LogP contribution is 2.23. The Morgan fingerprint density at radius 2 is 2.00 bits per heavy atom. The molecule has 0 bridgehead atoms. The molecular formula is C17H17N3O2S. The number of thiazole rings is 1. The molecule has 6 heteroatoms. The quantitative estimate of drug-likeness (QED) is 0.755. The summed E-state index contributed by atoms with van der Waals surface area (Å²) in [6, 6.07) is 14.9. The predicted molar refractivity (Wildman–Crippen MR) is 91.9 cm³/mol. The Hall–Kier alpha value is -2.44. The summed E-state index contributed by atoms with van der Waals surface area (Å²) in [4.78, 5) is 16.6. The number of methoxy groups -OCH3 is 1. The second-order valence-corrected chi connectivity index (χ2v) is 6.08. The van der Waals surface area contributed by atoms with Crippen molar-refractivity contribution in [3.05, 3.63) is 59.1 Å². The summed E-state index contributed by atoms with van der Waals surface area (Å²) in [6.45, 7) is 0.315. The van der Waals surface area contributed by atoms with Gasteiger partial charge >= 0.3 is 0 Å². The number of hydrogen-bond acceptors (Lipinski definition) is 5. The highest BCUT2D eigenvalue weighted by atomic mass is 32.1. The lowest BCUT2D eigenvalue weighted by Gasteiger charge is -2.15. The molecule has 5 nitrogen and oxygen atoms in total. The highest BCUT2D eigenvalue weighted by molar-refractivity contribution is 7.20. The molecule has 3 N–H and O–H groups in total. The largest absolute Gasteiger partial charge is 0.496 e. The molecule has 1 aromatic heterocycles. The zero-order chi connectivity index (χ0) is 16.2. The maximum absolute atomic E-state index is 12.3. The molecule has 23 heavy (non-hydrogen) atoms. The Balaban J connectivity index is 1.68. The van der Waals surface area contributed by atoms with Crippen LogP contribution in [0.15, 0.2) is 48.5 Å². The minimum Gasteiger partial charge on any atom is -0.496 e. The molecule has 3 aromatic rings. The topological polar surface area (TPSA) is 77.2 Å². The summed E-state index contributed by atoms with van der Waals surface area (Å²) < 4.78 is 6.29. The molecule has 2 aromatic carbocycles. The van der Waals surface area contributed by atoms with Crippen molar-refractivity contribution in [3.63, 3.8) is 0 Å². The van der Waals surface area contributed by atoms with Gasteiger partial charge in [-0.25, -0.2) is 4.98 Å². The lowest BCUT2D eigenvalue weighted by atomic mass is 10.1. The van der Waals surface area contributed by atoms with E-state index in [0.29, 0.717) is 17.3 Å². The molecule has 0 saturated heterocycles. The van der Waals surface area contributed by atoms with E-state index in [1.165, 1.54) is 11.3 Å². The zero-order valence-electron chi connectivity index (χ0n) is 12.7. The molecule has 118 valence electrons. The third kappa shape index (κ3) is 3.33. The first-order valence-electron chi connectivity index (χ1n) is 7.21. The Morgan fingerprint density at radius 1 is 1.26 bits per heavy atom. The molecule has 1 unspecified atom stereocenters. The minimum absolute atomic E-state index is 0.212. The van der Waals surface area contributed by atoms with Crippen molar-refractivity contribution in [2.75, 3.05) is 13.7 Å². The standard InChI is InChI=1S/C17H17N3O2S/c1-22-14-8-4-2-6-11(14)12(18)10-19-16(21)17-20-13-7-3-5-9-15(13)23-17/h2-9,12H,10,18H2,1H3,(H,19,21). The fourth-order valence-corrected chi connectivity index (χ4v) is 3.21. The van der Waals surface area contributed by atoms with Crippen LogP contribution in [0.3, 0.4) is 0 Å². The van der Waals surface area contributed by atoms with Crippen molar-refractivity contribution in [2.24, 2.45) is 5.73 Å². The van der Waals surface area contributed by atoms with E-state index in [4.69, 9.17) is 10.5 Å². The van der Waals surface area contributed by atoms with Gasteiger partial charge in [-0.2, -0.15) is 0 Å². The molecule has 3 rings (SSSR count). The lowest BCUT2D eigenvalue weighted by molar-refractivity contribution is 0.0951. The van der Waals surface area contributed by atoms with Crippen molar-refractivity contribution in [1.82, 2.24) is 10.3 Å². The second-order valence-electron chi connectivity index (χ2n) is 5.05. The predicted octanol–water partition coefficient (Wildman–Crippen LogP) is 2.73. The number of nitrogens with two attached hydrogens (primary N) is 1. The summed E-state index contributed by atoms with van der Waals surface area (Å²) in [5.41, 5.74) is 7.85. The summed E-state index contributed by atoms with van der Waals surface area (Å²) in [6.07, 6.45) is 0. The van der Waals surface area contributed by atoms with Gasteiger partial charge in [0.2, 0.25) is 0 Å². The number of hydrogen-bond donors (Lipinski definition) is 2. The maximum atomic E-state index is 12.3. The Morgan fingerprint density at radius 3 is 2.78 bits per heavy atom. The van der Waals surface area contributed by atoms with Crippen molar-refractivity contribution >= 4 is 27.5 Å². The molecule has 0 aliphatic heterocycles. The zero-order valence-corrected chi connectivity index (χ0v) is 13.5. The van der Waals surface area contributed by atoms with Gasteiger partial charge < -0.3 is 15.8 Å². The van der Waals surface area contributed by atoms with Gasteiger partial charge in [-0.15, -0.1) is 11.3 Å². The maximum Gasteiger partial charge on any atom is 0.280 e. The minimum atomic E-state index is -0.343. The van der Waals surface area contributed by atoms with Crippen LogP contribution < -0.4 is 15.8 Å². The Bertz CT molecular complexity index is 798. The van der Waals surface area contributed by atoms with Crippen molar-refractivity contribution in [2.45, 2.75) is 6.04 Å². The number of aromatic nitrogens is 1. The average molecular weight is 327 g/mol. The number of amides is 1. The molecule has 0 aliphatic rings. The van der Waals surface area contributed by atoms with E-state index in [2.05, 4.69) is 10.3 Å². The fourth-order valence-electron chi connectivity index (χ4n) is 2.33. The van der Waals surface area contributed by atoms with Gasteiger partial charge in [0.15, 0.2) is 5.01 Å². The van der Waals surface area contributed by atoms with Crippen LogP contribution in [0.2, 0.25) is 0 Å². The number of para-hydroxylation sites is 2. The van der Waals surface area contributed by atoms with Crippen molar-refractivity contribution in [1.29, 1.82) is 0 Å². The second kappa shape index (κ2) is 6.76. The van der Waals surface area contributed by atoms with Crippen molar-refractivity contribution in [3.8, 4) is 5.75 Å². The van der Waals surface area contributed by atoms with Crippen LogP contribution in [0.1, 0.15) is 21.4 Å². The fraction of sp³-hybridized carbons (Fsp3) is 0.176. The number of carbonyl (C=O) groups excluding carboxylic acids is 1. The number of benzene rings is 2. The van der Waals surface area contributed by atoms with E-state index in [9.17, 15) is 4.79 Å². The first-order valence-corrected chi connectivity index (χ1v) is 8.03. The Labute approximate surface area is 138 Å². The van der Waals surface area contributed by atoms with Crippen LogP contribution in [0.25, 0.3) is 10.2 Å². The number of fused-ring (bicyclic) bond motifs is 1. The van der Waals surface area contributed by atoms with Crippen molar-refractivity contribution < 1.29 is 9.53 Å². The number of ether oxygens (including phenoxy) is 1. The SMILES string of the molecule is COc1ccccc1C(N)CNC(=O)c1nc2ccccc2s1. The smallest absolute Gasteiger partial charge is 0.280 e. The molecule has 0 spiro atoms. The monoisotopic (exact) mass is 327 g/mol. The van der Waals surface area contributed by atoms with Gasteiger partial charge in [0.05, 0.1) is 23.4 Å². The normalized spacial score (nSPS) is 12.1. The van der Waals surface area contributed by atoms with Crippen LogP contribution in [0.5, 0.6) is 5.75 Å². The van der Waals surface area contributed by atoms with Gasteiger partial charge in [-0.3, -0.25) is 4.79 Å². The van der Waals surface area contributed by atoms with Crippen LogP contribution in [-0.2, 0) is 0 Å². The average Bonchev–Trinajstić information content (AvgIpc) is 3.03. The molecular weight excluding hydrogens is 310 g/mol. The van der Waals surface area contributed by atoms with Gasteiger partial charge in [0.1, 0.15) is 5.75 Å². The lowest BCUT2D eigenvalue weighted by Crippen LogP contribution is -2.32. The molecule has 1 amide bonds. The molecule has 0 saturated carbocycles. The van der Waals surface area contributed by atoms with E-state index in [-0.39, 0.29) is 11.9 Å². The number of nitrogens with one attached hydrogen (secondary N) is 1. The number of carbonyl (C=O) groups is 1. The summed E-state index contributed by atoms with van der Waals surface area (Å²) in [7, 11) is 1.60. The molecule has 0 fully saturated rings. The van der Waals surface area contributed by atoms with Gasteiger partial charge in [0, 0.05) is 12.1 Å². The molecule has 1 atom stereocenters. The molecule has 1 heterocycles. The highest BCUT2D eigenvalue weighted by Gasteiger charge is 2.15.